The summed E-state index contributed by atoms with van der Waals surface area (Å²) in [5, 5.41) is 3.69. The number of hydrogen-bond donors (Lipinski definition) is 1. The molecule has 0 radical (unpaired) electrons. The molecule has 0 aromatic rings. The second kappa shape index (κ2) is 7.67. The summed E-state index contributed by atoms with van der Waals surface area (Å²) in [7, 11) is 0. The van der Waals surface area contributed by atoms with Gasteiger partial charge >= 0.3 is 0 Å². The highest BCUT2D eigenvalue weighted by Gasteiger charge is 2.35. The molecule has 5 atom stereocenters. The second-order valence-corrected chi connectivity index (χ2v) is 7.44. The van der Waals surface area contributed by atoms with Gasteiger partial charge in [0.05, 0.1) is 0 Å². The van der Waals surface area contributed by atoms with Crippen molar-refractivity contribution in [1.29, 1.82) is 0 Å². The summed E-state index contributed by atoms with van der Waals surface area (Å²) in [5.41, 5.74) is 0. The number of hydrogen-bond acceptors (Lipinski definition) is 1. The molecule has 2 saturated carbocycles. The molecule has 1 heteroatoms. The van der Waals surface area contributed by atoms with Crippen LogP contribution in [-0.4, -0.2) is 13.1 Å². The van der Waals surface area contributed by atoms with E-state index in [0.717, 1.165) is 29.6 Å². The minimum Gasteiger partial charge on any atom is -0.316 e. The molecule has 5 unspecified atom stereocenters. The fraction of sp³-hybridized carbons (Fsp3) is 1.00. The van der Waals surface area contributed by atoms with E-state index in [1.165, 1.54) is 64.5 Å². The molecule has 0 aliphatic heterocycles. The van der Waals surface area contributed by atoms with E-state index >= 15 is 0 Å². The third-order valence-corrected chi connectivity index (χ3v) is 6.05. The van der Waals surface area contributed by atoms with Crippen LogP contribution in [0.15, 0.2) is 0 Å². The van der Waals surface area contributed by atoms with Crippen LogP contribution in [0.25, 0.3) is 0 Å². The van der Waals surface area contributed by atoms with Crippen LogP contribution in [0, 0.1) is 29.6 Å². The lowest BCUT2D eigenvalue weighted by molar-refractivity contribution is 0.0885. The van der Waals surface area contributed by atoms with Crippen molar-refractivity contribution >= 4 is 0 Å². The van der Waals surface area contributed by atoms with E-state index in [4.69, 9.17) is 0 Å². The van der Waals surface area contributed by atoms with Crippen LogP contribution < -0.4 is 5.32 Å². The average molecular weight is 265 g/mol. The molecule has 1 N–H and O–H groups in total. The Balaban J connectivity index is 1.87. The predicted octanol–water partition coefficient (Wildman–Crippen LogP) is 4.86. The van der Waals surface area contributed by atoms with Crippen LogP contribution in [0.4, 0.5) is 0 Å². The lowest BCUT2D eigenvalue weighted by Gasteiger charge is -2.42. The van der Waals surface area contributed by atoms with Crippen LogP contribution in [0.3, 0.4) is 0 Å². The quantitative estimate of drug-likeness (QED) is 0.700. The van der Waals surface area contributed by atoms with E-state index in [0.29, 0.717) is 0 Å². The minimum atomic E-state index is 0.963. The van der Waals surface area contributed by atoms with E-state index in [1.807, 2.05) is 0 Å². The van der Waals surface area contributed by atoms with Crippen molar-refractivity contribution in [2.75, 3.05) is 13.1 Å². The smallest absolute Gasteiger partial charge is 0.00178 e. The molecule has 2 aliphatic rings. The van der Waals surface area contributed by atoms with Gasteiger partial charge in [-0.1, -0.05) is 40.0 Å². The van der Waals surface area contributed by atoms with Crippen LogP contribution in [0.2, 0.25) is 0 Å². The van der Waals surface area contributed by atoms with Gasteiger partial charge in [0.1, 0.15) is 0 Å². The highest BCUT2D eigenvalue weighted by Crippen LogP contribution is 2.44. The summed E-state index contributed by atoms with van der Waals surface area (Å²) in [4.78, 5) is 0. The molecule has 2 aliphatic carbocycles. The van der Waals surface area contributed by atoms with E-state index in [1.54, 1.807) is 0 Å². The molecule has 112 valence electrons. The van der Waals surface area contributed by atoms with Gasteiger partial charge in [-0.05, 0) is 74.8 Å². The van der Waals surface area contributed by atoms with Crippen molar-refractivity contribution in [3.05, 3.63) is 0 Å². The lowest BCUT2D eigenvalue weighted by atomic mass is 9.64. The van der Waals surface area contributed by atoms with E-state index < -0.39 is 0 Å². The summed E-state index contributed by atoms with van der Waals surface area (Å²) >= 11 is 0. The van der Waals surface area contributed by atoms with Gasteiger partial charge < -0.3 is 5.32 Å². The van der Waals surface area contributed by atoms with Gasteiger partial charge in [0, 0.05) is 0 Å². The fourth-order valence-corrected chi connectivity index (χ4v) is 4.55. The Labute approximate surface area is 120 Å². The zero-order chi connectivity index (χ0) is 13.7. The van der Waals surface area contributed by atoms with E-state index in [2.05, 4.69) is 26.1 Å². The molecule has 0 saturated heterocycles. The first-order valence-corrected chi connectivity index (χ1v) is 8.93. The molecule has 19 heavy (non-hydrogen) atoms. The van der Waals surface area contributed by atoms with Gasteiger partial charge in [0.15, 0.2) is 0 Å². The zero-order valence-corrected chi connectivity index (χ0v) is 13.5. The summed E-state index contributed by atoms with van der Waals surface area (Å²) in [5.74, 6) is 4.99. The molecule has 0 bridgehead atoms. The third-order valence-electron chi connectivity index (χ3n) is 6.05. The Morgan fingerprint density at radius 1 is 0.947 bits per heavy atom. The van der Waals surface area contributed by atoms with Crippen molar-refractivity contribution in [2.24, 2.45) is 29.6 Å². The Hall–Kier alpha value is -0.0400. The maximum Gasteiger partial charge on any atom is -0.00178 e. The topological polar surface area (TPSA) is 12.0 Å². The molecular formula is C18H35N. The maximum atomic E-state index is 3.69. The van der Waals surface area contributed by atoms with Gasteiger partial charge in [-0.25, -0.2) is 0 Å². The van der Waals surface area contributed by atoms with Crippen molar-refractivity contribution < 1.29 is 0 Å². The van der Waals surface area contributed by atoms with Crippen molar-refractivity contribution in [3.8, 4) is 0 Å². The Morgan fingerprint density at radius 3 is 2.47 bits per heavy atom. The molecule has 2 fully saturated rings. The first-order valence-electron chi connectivity index (χ1n) is 8.93. The summed E-state index contributed by atoms with van der Waals surface area (Å²) in [6, 6.07) is 0. The van der Waals surface area contributed by atoms with Crippen LogP contribution >= 0.6 is 0 Å². The maximum absolute atomic E-state index is 3.69. The van der Waals surface area contributed by atoms with Crippen LogP contribution in [-0.2, 0) is 0 Å². The van der Waals surface area contributed by atoms with Crippen LogP contribution in [0.1, 0.15) is 72.1 Å². The van der Waals surface area contributed by atoms with Crippen molar-refractivity contribution in [3.63, 3.8) is 0 Å². The molecule has 1 nitrogen and oxygen atoms in total. The number of nitrogens with one attached hydrogen (secondary N) is 1. The van der Waals surface area contributed by atoms with Gasteiger partial charge in [0.25, 0.3) is 0 Å². The second-order valence-electron chi connectivity index (χ2n) is 7.44. The Kier molecular flexibility index (Phi) is 6.19. The van der Waals surface area contributed by atoms with Crippen LogP contribution in [0.5, 0.6) is 0 Å². The standard InChI is InChI=1S/C18H35N/c1-4-11-19-13-17-7-5-6-8-18(17)16-10-9-14(2)15(3)12-16/h14-19H,4-13H2,1-3H3. The number of rotatable bonds is 5. The fourth-order valence-electron chi connectivity index (χ4n) is 4.55. The van der Waals surface area contributed by atoms with Crippen molar-refractivity contribution in [2.45, 2.75) is 72.1 Å². The molecule has 0 aromatic carbocycles. The molecule has 0 heterocycles. The van der Waals surface area contributed by atoms with Gasteiger partial charge in [-0.3, -0.25) is 0 Å². The normalized spacial score (nSPS) is 40.3. The molecule has 0 amide bonds. The Morgan fingerprint density at radius 2 is 1.74 bits per heavy atom. The van der Waals surface area contributed by atoms with Gasteiger partial charge in [-0.15, -0.1) is 0 Å². The summed E-state index contributed by atoms with van der Waals surface area (Å²) < 4.78 is 0. The van der Waals surface area contributed by atoms with E-state index in [-0.39, 0.29) is 0 Å². The lowest BCUT2D eigenvalue weighted by Crippen LogP contribution is -2.37. The van der Waals surface area contributed by atoms with Gasteiger partial charge in [0.2, 0.25) is 0 Å². The van der Waals surface area contributed by atoms with Gasteiger partial charge in [-0.2, -0.15) is 0 Å². The van der Waals surface area contributed by atoms with E-state index in [9.17, 15) is 0 Å². The first-order chi connectivity index (χ1) is 9.22. The largest absolute Gasteiger partial charge is 0.316 e. The highest BCUT2D eigenvalue weighted by molar-refractivity contribution is 4.86. The zero-order valence-electron chi connectivity index (χ0n) is 13.5. The average Bonchev–Trinajstić information content (AvgIpc) is 2.43. The third kappa shape index (κ3) is 4.21. The predicted molar refractivity (Wildman–Crippen MR) is 84.3 cm³/mol. The Bertz CT molecular complexity index is 250. The first kappa shape index (κ1) is 15.4. The SMILES string of the molecule is CCCNCC1CCCCC1C1CCC(C)C(C)C1. The molecular weight excluding hydrogens is 230 g/mol. The minimum absolute atomic E-state index is 0.963. The highest BCUT2D eigenvalue weighted by atomic mass is 14.9. The summed E-state index contributed by atoms with van der Waals surface area (Å²) in [6.45, 7) is 9.72. The molecule has 0 aromatic heterocycles. The van der Waals surface area contributed by atoms with Crippen molar-refractivity contribution in [1.82, 2.24) is 5.32 Å². The molecule has 2 rings (SSSR count). The summed E-state index contributed by atoms with van der Waals surface area (Å²) in [6.07, 6.45) is 11.8. The monoisotopic (exact) mass is 265 g/mol. The molecule has 0 spiro atoms.